The summed E-state index contributed by atoms with van der Waals surface area (Å²) in [6.07, 6.45) is 3.29. The molecule has 2 aromatic rings. The Morgan fingerprint density at radius 2 is 1.93 bits per heavy atom. The highest BCUT2D eigenvalue weighted by molar-refractivity contribution is 7.92. The second kappa shape index (κ2) is 9.95. The van der Waals surface area contributed by atoms with Crippen LogP contribution in [-0.4, -0.2) is 36.5 Å². The molecule has 1 amide bonds. The Hall–Kier alpha value is -2.79. The number of aromatic nitrogens is 2. The minimum atomic E-state index is -3.84. The van der Waals surface area contributed by atoms with E-state index in [0.29, 0.717) is 12.1 Å². The van der Waals surface area contributed by atoms with E-state index < -0.39 is 10.0 Å². The molecule has 0 spiro atoms. The third-order valence-electron chi connectivity index (χ3n) is 3.52. The molecule has 1 heterocycles. The Labute approximate surface area is 169 Å². The number of rotatable bonds is 8. The van der Waals surface area contributed by atoms with Gasteiger partial charge in [-0.05, 0) is 42.9 Å². The molecule has 3 N–H and O–H groups in total. The Morgan fingerprint density at radius 1 is 1.21 bits per heavy atom. The summed E-state index contributed by atoms with van der Waals surface area (Å²) in [7, 11) is -2.42. The molecule has 0 saturated heterocycles. The fourth-order valence-corrected chi connectivity index (χ4v) is 3.34. The first-order valence-electron chi connectivity index (χ1n) is 8.44. The first-order valence-corrected chi connectivity index (χ1v) is 10.3. The summed E-state index contributed by atoms with van der Waals surface area (Å²) in [6.45, 7) is 2.00. The fourth-order valence-electron chi connectivity index (χ4n) is 2.11. The highest BCUT2D eigenvalue weighted by Gasteiger charge is 2.15. The van der Waals surface area contributed by atoms with Gasteiger partial charge in [-0.3, -0.25) is 9.52 Å². The summed E-state index contributed by atoms with van der Waals surface area (Å²) in [4.78, 5) is 19.4. The lowest BCUT2D eigenvalue weighted by Gasteiger charge is -2.11. The Kier molecular flexibility index (Phi) is 7.64. The third-order valence-corrected chi connectivity index (χ3v) is 5.10. The van der Waals surface area contributed by atoms with Crippen molar-refractivity contribution in [3.63, 3.8) is 0 Å². The van der Waals surface area contributed by atoms with Crippen LogP contribution >= 0.6 is 12.2 Å². The zero-order valence-electron chi connectivity index (χ0n) is 15.4. The van der Waals surface area contributed by atoms with Gasteiger partial charge < -0.3 is 15.4 Å². The maximum absolute atomic E-state index is 12.5. The van der Waals surface area contributed by atoms with Crippen LogP contribution in [0.5, 0.6) is 5.88 Å². The molecule has 0 atom stereocenters. The molecule has 2 rings (SSSR count). The molecule has 1 aromatic carbocycles. The summed E-state index contributed by atoms with van der Waals surface area (Å²) in [5.74, 6) is 0.162. The minimum Gasteiger partial charge on any atom is -0.481 e. The quantitative estimate of drug-likeness (QED) is 0.553. The average Bonchev–Trinajstić information content (AvgIpc) is 2.66. The van der Waals surface area contributed by atoms with Crippen molar-refractivity contribution in [3.05, 3.63) is 36.7 Å². The summed E-state index contributed by atoms with van der Waals surface area (Å²) < 4.78 is 32.2. The molecule has 0 fully saturated rings. The molecule has 150 valence electrons. The maximum Gasteiger partial charge on any atom is 0.263 e. The lowest BCUT2D eigenvalue weighted by atomic mass is 10.2. The van der Waals surface area contributed by atoms with Gasteiger partial charge in [-0.15, -0.1) is 0 Å². The van der Waals surface area contributed by atoms with E-state index in [-0.39, 0.29) is 27.6 Å². The molecule has 0 bridgehead atoms. The van der Waals surface area contributed by atoms with Gasteiger partial charge in [-0.25, -0.2) is 18.4 Å². The molecule has 0 aliphatic carbocycles. The number of benzene rings is 1. The molecule has 0 aliphatic rings. The zero-order valence-corrected chi connectivity index (χ0v) is 17.1. The van der Waals surface area contributed by atoms with E-state index in [2.05, 4.69) is 25.3 Å². The highest BCUT2D eigenvalue weighted by atomic mass is 32.2. The van der Waals surface area contributed by atoms with E-state index in [1.807, 2.05) is 6.92 Å². The molecule has 9 nitrogen and oxygen atoms in total. The van der Waals surface area contributed by atoms with Gasteiger partial charge in [0.2, 0.25) is 11.8 Å². The van der Waals surface area contributed by atoms with Crippen LogP contribution in [0.15, 0.2) is 41.6 Å². The number of nitrogens with one attached hydrogen (secondary N) is 3. The lowest BCUT2D eigenvalue weighted by Crippen LogP contribution is -2.33. The standard InChI is InChI=1S/C17H21N5O4S2/c1-3-4-5-15(23)21-17(27)20-12-6-8-13(9-7-12)28(24,25)22-14-10-16(26-2)19-11-18-14/h6-11H,3-5H2,1-2H3,(H,18,19,22)(H2,20,21,23,27). The number of hydrogen-bond acceptors (Lipinski definition) is 7. The monoisotopic (exact) mass is 423 g/mol. The molecular formula is C17H21N5O4S2. The van der Waals surface area contributed by atoms with Gasteiger partial charge >= 0.3 is 0 Å². The molecule has 0 saturated carbocycles. The van der Waals surface area contributed by atoms with E-state index in [1.165, 1.54) is 31.6 Å². The Bertz CT molecular complexity index is 933. The first kappa shape index (κ1) is 21.5. The molecule has 28 heavy (non-hydrogen) atoms. The first-order chi connectivity index (χ1) is 13.3. The smallest absolute Gasteiger partial charge is 0.263 e. The second-order valence-electron chi connectivity index (χ2n) is 5.68. The van der Waals surface area contributed by atoms with Crippen molar-refractivity contribution >= 4 is 44.8 Å². The summed E-state index contributed by atoms with van der Waals surface area (Å²) >= 11 is 5.08. The normalized spacial score (nSPS) is 10.8. The fraction of sp³-hybridized carbons (Fsp3) is 0.294. The van der Waals surface area contributed by atoms with Crippen molar-refractivity contribution in [2.24, 2.45) is 0 Å². The summed E-state index contributed by atoms with van der Waals surface area (Å²) in [5, 5.41) is 5.57. The Balaban J connectivity index is 2.00. The maximum atomic E-state index is 12.5. The number of hydrogen-bond donors (Lipinski definition) is 3. The van der Waals surface area contributed by atoms with Gasteiger partial charge in [0.1, 0.15) is 12.1 Å². The number of methoxy groups -OCH3 is 1. The van der Waals surface area contributed by atoms with Crippen LogP contribution in [0.4, 0.5) is 11.5 Å². The van der Waals surface area contributed by atoms with Crippen LogP contribution in [0.1, 0.15) is 26.2 Å². The topological polar surface area (TPSA) is 122 Å². The predicted octanol–water partition coefficient (Wildman–Crippen LogP) is 2.29. The van der Waals surface area contributed by atoms with Crippen LogP contribution < -0.4 is 20.1 Å². The largest absolute Gasteiger partial charge is 0.481 e. The van der Waals surface area contributed by atoms with Gasteiger partial charge in [0.05, 0.1) is 12.0 Å². The van der Waals surface area contributed by atoms with Gasteiger partial charge in [0.25, 0.3) is 10.0 Å². The molecule has 0 radical (unpaired) electrons. The zero-order chi connectivity index (χ0) is 20.6. The SMILES string of the molecule is CCCCC(=O)NC(=S)Nc1ccc(S(=O)(=O)Nc2cc(OC)ncn2)cc1. The van der Waals surface area contributed by atoms with Crippen molar-refractivity contribution in [2.75, 3.05) is 17.1 Å². The number of sulfonamides is 1. The van der Waals surface area contributed by atoms with E-state index in [0.717, 1.165) is 12.8 Å². The highest BCUT2D eigenvalue weighted by Crippen LogP contribution is 2.18. The van der Waals surface area contributed by atoms with E-state index >= 15 is 0 Å². The number of carbonyl (C=O) groups is 1. The molecule has 1 aromatic heterocycles. The van der Waals surface area contributed by atoms with Crippen LogP contribution in [-0.2, 0) is 14.8 Å². The molecule has 0 aliphatic heterocycles. The predicted molar refractivity (Wildman–Crippen MR) is 110 cm³/mol. The number of carbonyl (C=O) groups excluding carboxylic acids is 1. The van der Waals surface area contributed by atoms with Gasteiger partial charge in [-0.1, -0.05) is 13.3 Å². The molecule has 11 heteroatoms. The number of ether oxygens (including phenoxy) is 1. The number of amides is 1. The van der Waals surface area contributed by atoms with Crippen molar-refractivity contribution in [2.45, 2.75) is 31.1 Å². The minimum absolute atomic E-state index is 0.0357. The van der Waals surface area contributed by atoms with Crippen LogP contribution in [0.3, 0.4) is 0 Å². The van der Waals surface area contributed by atoms with Crippen LogP contribution in [0.25, 0.3) is 0 Å². The lowest BCUT2D eigenvalue weighted by molar-refractivity contribution is -0.119. The third kappa shape index (κ3) is 6.43. The number of unbranched alkanes of at least 4 members (excludes halogenated alkanes) is 1. The van der Waals surface area contributed by atoms with Gasteiger partial charge in [-0.2, -0.15) is 0 Å². The second-order valence-corrected chi connectivity index (χ2v) is 7.77. The van der Waals surface area contributed by atoms with Crippen LogP contribution in [0.2, 0.25) is 0 Å². The summed E-state index contributed by atoms with van der Waals surface area (Å²) in [5.41, 5.74) is 0.545. The number of anilines is 2. The van der Waals surface area contributed by atoms with Crippen LogP contribution in [0, 0.1) is 0 Å². The van der Waals surface area contributed by atoms with Crippen molar-refractivity contribution < 1.29 is 17.9 Å². The number of thiocarbonyl (C=S) groups is 1. The van der Waals surface area contributed by atoms with E-state index in [9.17, 15) is 13.2 Å². The van der Waals surface area contributed by atoms with Gasteiger partial charge in [0.15, 0.2) is 5.11 Å². The van der Waals surface area contributed by atoms with Crippen molar-refractivity contribution in [3.8, 4) is 5.88 Å². The summed E-state index contributed by atoms with van der Waals surface area (Å²) in [6, 6.07) is 7.27. The van der Waals surface area contributed by atoms with Crippen molar-refractivity contribution in [1.82, 2.24) is 15.3 Å². The van der Waals surface area contributed by atoms with E-state index in [4.69, 9.17) is 17.0 Å². The van der Waals surface area contributed by atoms with Crippen molar-refractivity contribution in [1.29, 1.82) is 0 Å². The molecule has 0 unspecified atom stereocenters. The molecular weight excluding hydrogens is 402 g/mol. The Morgan fingerprint density at radius 3 is 2.57 bits per heavy atom. The van der Waals surface area contributed by atoms with E-state index in [1.54, 1.807) is 12.1 Å². The number of nitrogens with zero attached hydrogens (tertiary/aromatic N) is 2. The van der Waals surface area contributed by atoms with Gasteiger partial charge in [0, 0.05) is 18.2 Å². The average molecular weight is 424 g/mol.